The van der Waals surface area contributed by atoms with E-state index < -0.39 is 10.0 Å². The third-order valence-electron chi connectivity index (χ3n) is 4.88. The Morgan fingerprint density at radius 1 is 1.06 bits per heavy atom. The van der Waals surface area contributed by atoms with Crippen LogP contribution in [0.15, 0.2) is 46.5 Å². The number of hydrogen-bond acceptors (Lipinski definition) is 8. The van der Waals surface area contributed by atoms with Crippen LogP contribution < -0.4 is 10.0 Å². The Hall–Kier alpha value is -3.49. The molecule has 2 heterocycles. The maximum absolute atomic E-state index is 12.5. The third-order valence-corrected chi connectivity index (χ3v) is 7.20. The van der Waals surface area contributed by atoms with Crippen LogP contribution in [0.2, 0.25) is 0 Å². The van der Waals surface area contributed by atoms with Crippen molar-refractivity contribution >= 4 is 39.3 Å². The van der Waals surface area contributed by atoms with Crippen LogP contribution in [-0.4, -0.2) is 35.0 Å². The van der Waals surface area contributed by atoms with Gasteiger partial charge in [0.15, 0.2) is 0 Å². The van der Waals surface area contributed by atoms with Gasteiger partial charge in [0.1, 0.15) is 11.1 Å². The minimum Gasteiger partial charge on any atom is -0.325 e. The summed E-state index contributed by atoms with van der Waals surface area (Å²) in [4.78, 5) is 24.8. The molecule has 0 atom stereocenters. The number of nitriles is 1. The Bertz CT molecular complexity index is 1350. The summed E-state index contributed by atoms with van der Waals surface area (Å²) in [5.41, 5.74) is 4.17. The zero-order valence-electron chi connectivity index (χ0n) is 18.5. The number of anilines is 2. The molecule has 0 bridgehead atoms. The number of aryl methyl sites for hydroxylation is 2. The summed E-state index contributed by atoms with van der Waals surface area (Å²) < 4.78 is 27.4. The molecule has 11 heteroatoms. The summed E-state index contributed by atoms with van der Waals surface area (Å²) in [6.45, 7) is 7.37. The third kappa shape index (κ3) is 5.85. The first-order valence-corrected chi connectivity index (χ1v) is 12.3. The topological polar surface area (TPSA) is 138 Å². The molecular formula is C22H22N6O3S2. The minimum atomic E-state index is -3.87. The highest BCUT2D eigenvalue weighted by Crippen LogP contribution is 2.26. The number of hydrogen-bond donors (Lipinski definition) is 2. The molecule has 2 aromatic heterocycles. The summed E-state index contributed by atoms with van der Waals surface area (Å²) in [7, 11) is -3.87. The van der Waals surface area contributed by atoms with Gasteiger partial charge >= 0.3 is 0 Å². The molecule has 33 heavy (non-hydrogen) atoms. The van der Waals surface area contributed by atoms with E-state index >= 15 is 0 Å². The van der Waals surface area contributed by atoms with Gasteiger partial charge in [0, 0.05) is 23.3 Å². The van der Waals surface area contributed by atoms with Gasteiger partial charge in [-0.05, 0) is 69.2 Å². The number of nitrogens with zero attached hydrogens (tertiary/aromatic N) is 4. The number of nitrogens with one attached hydrogen (secondary N) is 2. The second-order valence-electron chi connectivity index (χ2n) is 7.23. The molecule has 0 saturated carbocycles. The average molecular weight is 483 g/mol. The largest absolute Gasteiger partial charge is 0.325 e. The van der Waals surface area contributed by atoms with Crippen molar-refractivity contribution in [2.24, 2.45) is 0 Å². The number of carbonyl (C=O) groups is 1. The van der Waals surface area contributed by atoms with E-state index in [1.165, 1.54) is 42.2 Å². The summed E-state index contributed by atoms with van der Waals surface area (Å²) in [6.07, 6.45) is 1.46. The highest BCUT2D eigenvalue weighted by Gasteiger charge is 2.17. The molecule has 0 aliphatic rings. The minimum absolute atomic E-state index is 0.00782. The van der Waals surface area contributed by atoms with E-state index in [9.17, 15) is 18.5 Å². The molecule has 0 saturated heterocycles. The van der Waals surface area contributed by atoms with Crippen molar-refractivity contribution in [2.45, 2.75) is 37.6 Å². The van der Waals surface area contributed by atoms with Gasteiger partial charge in [0.05, 0.1) is 16.2 Å². The first-order chi connectivity index (χ1) is 15.6. The number of aromatic nitrogens is 3. The fourth-order valence-corrected chi connectivity index (χ4v) is 4.71. The maximum atomic E-state index is 12.5. The van der Waals surface area contributed by atoms with Gasteiger partial charge in [-0.25, -0.2) is 28.1 Å². The quantitative estimate of drug-likeness (QED) is 0.488. The van der Waals surface area contributed by atoms with Crippen LogP contribution in [0.1, 0.15) is 28.1 Å². The number of benzene rings is 1. The van der Waals surface area contributed by atoms with Gasteiger partial charge in [-0.2, -0.15) is 5.26 Å². The number of rotatable bonds is 7. The van der Waals surface area contributed by atoms with Crippen LogP contribution >= 0.6 is 11.8 Å². The van der Waals surface area contributed by atoms with E-state index in [-0.39, 0.29) is 22.5 Å². The predicted molar refractivity (Wildman–Crippen MR) is 127 cm³/mol. The maximum Gasteiger partial charge on any atom is 0.264 e. The lowest BCUT2D eigenvalue weighted by Gasteiger charge is -2.11. The molecule has 2 N–H and O–H groups in total. The molecule has 0 spiro atoms. The molecule has 9 nitrogen and oxygen atoms in total. The number of sulfonamides is 1. The standard InChI is InChI=1S/C22H22N6O3S2/c1-13-9-10-24-22(25-13)28-33(30,31)18-7-5-17(6-8-18)27-20(29)12-32-21-19(11-23)15(3)14(2)16(4)26-21/h5-10H,12H2,1-4H3,(H,27,29)(H,24,25,28). The van der Waals surface area contributed by atoms with Gasteiger partial charge in [-0.15, -0.1) is 0 Å². The lowest BCUT2D eigenvalue weighted by Crippen LogP contribution is -2.16. The Morgan fingerprint density at radius 3 is 2.39 bits per heavy atom. The SMILES string of the molecule is Cc1ccnc(NS(=O)(=O)c2ccc(NC(=O)CSc3nc(C)c(C)c(C)c3C#N)cc2)n1. The zero-order chi connectivity index (χ0) is 24.2. The van der Waals surface area contributed by atoms with Crippen LogP contribution in [0.5, 0.6) is 0 Å². The first kappa shape index (κ1) is 24.2. The van der Waals surface area contributed by atoms with E-state index in [0.29, 0.717) is 22.0 Å². The van der Waals surface area contributed by atoms with E-state index in [2.05, 4.69) is 31.1 Å². The van der Waals surface area contributed by atoms with Crippen molar-refractivity contribution in [2.75, 3.05) is 15.8 Å². The van der Waals surface area contributed by atoms with E-state index in [4.69, 9.17) is 0 Å². The van der Waals surface area contributed by atoms with Crippen LogP contribution in [-0.2, 0) is 14.8 Å². The van der Waals surface area contributed by atoms with Crippen LogP contribution in [0.3, 0.4) is 0 Å². The molecule has 3 rings (SSSR count). The van der Waals surface area contributed by atoms with Gasteiger partial charge in [0.2, 0.25) is 11.9 Å². The summed E-state index contributed by atoms with van der Waals surface area (Å²) in [5, 5.41) is 12.7. The van der Waals surface area contributed by atoms with Gasteiger partial charge in [0.25, 0.3) is 10.0 Å². The zero-order valence-corrected chi connectivity index (χ0v) is 20.1. The first-order valence-electron chi connectivity index (χ1n) is 9.84. The molecule has 3 aromatic rings. The molecule has 0 fully saturated rings. The summed E-state index contributed by atoms with van der Waals surface area (Å²) in [5.74, 6) is -0.268. The predicted octanol–water partition coefficient (Wildman–Crippen LogP) is 3.51. The molecule has 0 aliphatic carbocycles. The normalized spacial score (nSPS) is 11.0. The highest BCUT2D eigenvalue weighted by atomic mass is 32.2. The fourth-order valence-electron chi connectivity index (χ4n) is 2.87. The number of pyridine rings is 1. The summed E-state index contributed by atoms with van der Waals surface area (Å²) >= 11 is 1.18. The Balaban J connectivity index is 1.64. The number of amides is 1. The molecule has 1 aromatic carbocycles. The van der Waals surface area contributed by atoms with Crippen molar-refractivity contribution in [1.82, 2.24) is 15.0 Å². The second kappa shape index (κ2) is 9.97. The van der Waals surface area contributed by atoms with Crippen LogP contribution in [0.4, 0.5) is 11.6 Å². The molecular weight excluding hydrogens is 460 g/mol. The van der Waals surface area contributed by atoms with Crippen molar-refractivity contribution in [3.63, 3.8) is 0 Å². The molecule has 0 radical (unpaired) electrons. The lowest BCUT2D eigenvalue weighted by atomic mass is 10.1. The fraction of sp³-hybridized carbons (Fsp3) is 0.227. The molecule has 0 unspecified atom stereocenters. The second-order valence-corrected chi connectivity index (χ2v) is 9.87. The van der Waals surface area contributed by atoms with E-state index in [1.807, 2.05) is 20.8 Å². The van der Waals surface area contributed by atoms with Crippen LogP contribution in [0, 0.1) is 39.0 Å². The number of thioether (sulfide) groups is 1. The summed E-state index contributed by atoms with van der Waals surface area (Å²) in [6, 6.07) is 9.56. The Labute approximate surface area is 196 Å². The smallest absolute Gasteiger partial charge is 0.264 e. The molecule has 1 amide bonds. The van der Waals surface area contributed by atoms with Gasteiger partial charge < -0.3 is 5.32 Å². The van der Waals surface area contributed by atoms with Crippen LogP contribution in [0.25, 0.3) is 0 Å². The molecule has 0 aliphatic heterocycles. The van der Waals surface area contributed by atoms with E-state index in [0.717, 1.165) is 16.8 Å². The number of carbonyl (C=O) groups excluding carboxylic acids is 1. The van der Waals surface area contributed by atoms with Gasteiger partial charge in [-0.3, -0.25) is 4.79 Å². The van der Waals surface area contributed by atoms with Crippen molar-refractivity contribution in [1.29, 1.82) is 5.26 Å². The van der Waals surface area contributed by atoms with Crippen molar-refractivity contribution < 1.29 is 13.2 Å². The monoisotopic (exact) mass is 482 g/mol. The van der Waals surface area contributed by atoms with Crippen molar-refractivity contribution in [3.05, 3.63) is 64.6 Å². The Morgan fingerprint density at radius 2 is 1.76 bits per heavy atom. The van der Waals surface area contributed by atoms with Crippen molar-refractivity contribution in [3.8, 4) is 6.07 Å². The van der Waals surface area contributed by atoms with Gasteiger partial charge in [-0.1, -0.05) is 11.8 Å². The lowest BCUT2D eigenvalue weighted by molar-refractivity contribution is -0.113. The molecule has 170 valence electrons. The average Bonchev–Trinajstić information content (AvgIpc) is 2.76. The van der Waals surface area contributed by atoms with E-state index in [1.54, 1.807) is 13.0 Å². The highest BCUT2D eigenvalue weighted by molar-refractivity contribution is 8.00. The Kier molecular flexibility index (Phi) is 7.30.